The molecule has 0 bridgehead atoms. The molecule has 0 aromatic carbocycles. The highest BCUT2D eigenvalue weighted by Crippen LogP contribution is 2.01. The Labute approximate surface area is 114 Å². The van der Waals surface area contributed by atoms with Crippen LogP contribution in [0.1, 0.15) is 18.3 Å². The minimum Gasteiger partial charge on any atom is -0.464 e. The summed E-state index contributed by atoms with van der Waals surface area (Å²) < 4.78 is 10.0. The van der Waals surface area contributed by atoms with E-state index in [4.69, 9.17) is 9.47 Å². The maximum atomic E-state index is 11.0. The average Bonchev–Trinajstić information content (AvgIpc) is 2.35. The Morgan fingerprint density at radius 1 is 1.42 bits per heavy atom. The van der Waals surface area contributed by atoms with Crippen LogP contribution in [0.15, 0.2) is 18.2 Å². The minimum absolute atomic E-state index is 0.0182. The zero-order chi connectivity index (χ0) is 14.1. The maximum Gasteiger partial charge on any atom is 0.332 e. The van der Waals surface area contributed by atoms with Crippen molar-refractivity contribution < 1.29 is 14.3 Å². The van der Waals surface area contributed by atoms with Crippen molar-refractivity contribution >= 4 is 5.97 Å². The van der Waals surface area contributed by atoms with Gasteiger partial charge < -0.3 is 9.47 Å². The molecule has 1 aromatic rings. The second kappa shape index (κ2) is 8.61. The summed E-state index contributed by atoms with van der Waals surface area (Å²) in [5.41, 5.74) is 2.05. The lowest BCUT2D eigenvalue weighted by molar-refractivity contribution is -0.148. The number of likely N-dealkylation sites (N-methyl/N-ethyl adjacent to an activating group) is 1. The molecule has 1 aromatic heterocycles. The Morgan fingerprint density at radius 3 is 2.89 bits per heavy atom. The van der Waals surface area contributed by atoms with Crippen molar-refractivity contribution in [2.24, 2.45) is 0 Å². The standard InChI is InChI=1S/C14H22N2O3/c1-4-19-14(17)11-18-9-8-16(3)10-13-7-5-6-12(2)15-13/h5-7H,4,8-11H2,1-3H3. The molecule has 0 unspecified atom stereocenters. The summed E-state index contributed by atoms with van der Waals surface area (Å²) in [7, 11) is 2.00. The van der Waals surface area contributed by atoms with Crippen molar-refractivity contribution in [2.75, 3.05) is 33.4 Å². The number of esters is 1. The van der Waals surface area contributed by atoms with Gasteiger partial charge in [-0.15, -0.1) is 0 Å². The van der Waals surface area contributed by atoms with Crippen LogP contribution in [0.3, 0.4) is 0 Å². The number of aryl methyl sites for hydroxylation is 1. The third-order valence-corrected chi connectivity index (χ3v) is 2.52. The van der Waals surface area contributed by atoms with E-state index in [-0.39, 0.29) is 12.6 Å². The summed E-state index contributed by atoms with van der Waals surface area (Å²) in [6.45, 7) is 6.18. The highest BCUT2D eigenvalue weighted by atomic mass is 16.6. The molecule has 1 rings (SSSR count). The molecule has 0 fully saturated rings. The molecule has 0 aliphatic carbocycles. The van der Waals surface area contributed by atoms with Crippen LogP contribution in [0.2, 0.25) is 0 Å². The number of carbonyl (C=O) groups excluding carboxylic acids is 1. The highest BCUT2D eigenvalue weighted by molar-refractivity contribution is 5.70. The van der Waals surface area contributed by atoms with E-state index in [9.17, 15) is 4.79 Å². The van der Waals surface area contributed by atoms with Crippen LogP contribution < -0.4 is 0 Å². The zero-order valence-electron chi connectivity index (χ0n) is 11.9. The van der Waals surface area contributed by atoms with Crippen LogP contribution in [-0.4, -0.2) is 49.3 Å². The van der Waals surface area contributed by atoms with Gasteiger partial charge in [0, 0.05) is 18.8 Å². The third kappa shape index (κ3) is 6.88. The van der Waals surface area contributed by atoms with Gasteiger partial charge in [-0.2, -0.15) is 0 Å². The molecule has 0 saturated carbocycles. The van der Waals surface area contributed by atoms with Gasteiger partial charge >= 0.3 is 5.97 Å². The maximum absolute atomic E-state index is 11.0. The first-order chi connectivity index (χ1) is 9.11. The van der Waals surface area contributed by atoms with Gasteiger partial charge in [0.15, 0.2) is 0 Å². The Hall–Kier alpha value is -1.46. The Morgan fingerprint density at radius 2 is 2.21 bits per heavy atom. The summed E-state index contributed by atoms with van der Waals surface area (Å²) in [6, 6.07) is 5.98. The smallest absolute Gasteiger partial charge is 0.332 e. The van der Waals surface area contributed by atoms with Gasteiger partial charge in [0.2, 0.25) is 0 Å². The van der Waals surface area contributed by atoms with E-state index in [1.807, 2.05) is 32.2 Å². The molecule has 0 N–H and O–H groups in total. The lowest BCUT2D eigenvalue weighted by atomic mass is 10.3. The molecule has 0 radical (unpaired) electrons. The molecule has 106 valence electrons. The molecule has 0 aliphatic rings. The molecule has 0 atom stereocenters. The number of pyridine rings is 1. The van der Waals surface area contributed by atoms with Crippen molar-refractivity contribution in [1.82, 2.24) is 9.88 Å². The van der Waals surface area contributed by atoms with E-state index in [1.54, 1.807) is 6.92 Å². The number of rotatable bonds is 8. The summed E-state index contributed by atoms with van der Waals surface area (Å²) in [6.07, 6.45) is 0. The van der Waals surface area contributed by atoms with Crippen molar-refractivity contribution in [1.29, 1.82) is 0 Å². The Balaban J connectivity index is 2.18. The van der Waals surface area contributed by atoms with Gasteiger partial charge in [-0.3, -0.25) is 9.88 Å². The predicted molar refractivity (Wildman–Crippen MR) is 72.8 cm³/mol. The molecule has 5 nitrogen and oxygen atoms in total. The molecule has 0 saturated heterocycles. The first kappa shape index (κ1) is 15.6. The van der Waals surface area contributed by atoms with Crippen LogP contribution >= 0.6 is 0 Å². The summed E-state index contributed by atoms with van der Waals surface area (Å²) in [5, 5.41) is 0. The number of carbonyl (C=O) groups is 1. The number of aromatic nitrogens is 1. The van der Waals surface area contributed by atoms with Crippen molar-refractivity contribution in [3.63, 3.8) is 0 Å². The summed E-state index contributed by atoms with van der Waals surface area (Å²) in [5.74, 6) is -0.314. The van der Waals surface area contributed by atoms with Crippen molar-refractivity contribution in [2.45, 2.75) is 20.4 Å². The third-order valence-electron chi connectivity index (χ3n) is 2.52. The molecule has 19 heavy (non-hydrogen) atoms. The zero-order valence-corrected chi connectivity index (χ0v) is 11.9. The molecular weight excluding hydrogens is 244 g/mol. The molecule has 0 aliphatic heterocycles. The Kier molecular flexibility index (Phi) is 7.07. The Bertz CT molecular complexity index is 396. The van der Waals surface area contributed by atoms with E-state index >= 15 is 0 Å². The van der Waals surface area contributed by atoms with Gasteiger partial charge in [0.1, 0.15) is 6.61 Å². The summed E-state index contributed by atoms with van der Waals surface area (Å²) in [4.78, 5) is 17.6. The van der Waals surface area contributed by atoms with Crippen molar-refractivity contribution in [3.05, 3.63) is 29.6 Å². The highest BCUT2D eigenvalue weighted by Gasteiger charge is 2.04. The first-order valence-electron chi connectivity index (χ1n) is 6.46. The lowest BCUT2D eigenvalue weighted by Crippen LogP contribution is -2.24. The normalized spacial score (nSPS) is 10.7. The van der Waals surface area contributed by atoms with E-state index < -0.39 is 0 Å². The number of nitrogens with zero attached hydrogens (tertiary/aromatic N) is 2. The van der Waals surface area contributed by atoms with Crippen LogP contribution in [0.5, 0.6) is 0 Å². The van der Waals surface area contributed by atoms with Gasteiger partial charge in [-0.1, -0.05) is 6.07 Å². The first-order valence-corrected chi connectivity index (χ1v) is 6.46. The van der Waals surface area contributed by atoms with Crippen LogP contribution in [0, 0.1) is 6.92 Å². The molecule has 0 amide bonds. The van der Waals surface area contributed by atoms with Crippen LogP contribution in [0.25, 0.3) is 0 Å². The van der Waals surface area contributed by atoms with Gasteiger partial charge in [-0.25, -0.2) is 4.79 Å². The van der Waals surface area contributed by atoms with E-state index in [2.05, 4.69) is 9.88 Å². The fourth-order valence-corrected chi connectivity index (χ4v) is 1.62. The largest absolute Gasteiger partial charge is 0.464 e. The van der Waals surface area contributed by atoms with Gasteiger partial charge in [0.05, 0.1) is 18.9 Å². The fourth-order valence-electron chi connectivity index (χ4n) is 1.62. The average molecular weight is 266 g/mol. The second-order valence-corrected chi connectivity index (χ2v) is 4.37. The second-order valence-electron chi connectivity index (χ2n) is 4.37. The topological polar surface area (TPSA) is 51.7 Å². The van der Waals surface area contributed by atoms with Gasteiger partial charge in [0.25, 0.3) is 0 Å². The molecule has 1 heterocycles. The predicted octanol–water partition coefficient (Wildman–Crippen LogP) is 1.40. The summed E-state index contributed by atoms with van der Waals surface area (Å²) >= 11 is 0. The quantitative estimate of drug-likeness (QED) is 0.526. The lowest BCUT2D eigenvalue weighted by Gasteiger charge is -2.16. The molecule has 5 heteroatoms. The molecular formula is C14H22N2O3. The number of hydrogen-bond donors (Lipinski definition) is 0. The monoisotopic (exact) mass is 266 g/mol. The minimum atomic E-state index is -0.314. The van der Waals surface area contributed by atoms with E-state index in [1.165, 1.54) is 0 Å². The number of hydrogen-bond acceptors (Lipinski definition) is 5. The van der Waals surface area contributed by atoms with E-state index in [0.717, 1.165) is 24.5 Å². The SMILES string of the molecule is CCOC(=O)COCCN(C)Cc1cccc(C)n1. The van der Waals surface area contributed by atoms with Crippen LogP contribution in [-0.2, 0) is 20.8 Å². The number of ether oxygens (including phenoxy) is 2. The fraction of sp³-hybridized carbons (Fsp3) is 0.571. The van der Waals surface area contributed by atoms with Crippen molar-refractivity contribution in [3.8, 4) is 0 Å². The van der Waals surface area contributed by atoms with Gasteiger partial charge in [-0.05, 0) is 33.0 Å². The van der Waals surface area contributed by atoms with E-state index in [0.29, 0.717) is 13.2 Å². The molecule has 0 spiro atoms. The van der Waals surface area contributed by atoms with Crippen LogP contribution in [0.4, 0.5) is 0 Å².